The number of imidazole rings is 2. The second-order valence-corrected chi connectivity index (χ2v) is 9.72. The summed E-state index contributed by atoms with van der Waals surface area (Å²) in [6.07, 6.45) is 3.73. The van der Waals surface area contributed by atoms with Crippen molar-refractivity contribution in [3.05, 3.63) is 47.5 Å². The van der Waals surface area contributed by atoms with Crippen LogP contribution in [0.4, 0.5) is 11.9 Å². The number of carbonyl (C=O) groups excluding carboxylic acids is 1. The van der Waals surface area contributed by atoms with E-state index in [-0.39, 0.29) is 29.6 Å². The zero-order valence-corrected chi connectivity index (χ0v) is 23.6. The van der Waals surface area contributed by atoms with Crippen LogP contribution in [0.5, 0.6) is 11.5 Å². The first-order valence-corrected chi connectivity index (χ1v) is 13.5. The predicted octanol–water partition coefficient (Wildman–Crippen LogP) is 1.33. The van der Waals surface area contributed by atoms with Gasteiger partial charge in [0.15, 0.2) is 0 Å². The van der Waals surface area contributed by atoms with Crippen molar-refractivity contribution in [3.63, 3.8) is 0 Å². The number of aromatic nitrogens is 4. The number of anilines is 2. The first kappa shape index (κ1) is 29.2. The fraction of sp³-hybridized carbons (Fsp3) is 0.310. The minimum absolute atomic E-state index is 0.0487. The van der Waals surface area contributed by atoms with E-state index in [1.165, 1.54) is 19.2 Å². The largest absolute Gasteiger partial charge is 0.494 e. The number of morpholine rings is 1. The maximum Gasteiger partial charge on any atom is 0.335 e. The Balaban J connectivity index is 1.36. The summed E-state index contributed by atoms with van der Waals surface area (Å²) in [5, 5.41) is 9.39. The highest BCUT2D eigenvalue weighted by Crippen LogP contribution is 2.31. The van der Waals surface area contributed by atoms with E-state index in [4.69, 9.17) is 31.4 Å². The van der Waals surface area contributed by atoms with Gasteiger partial charge < -0.3 is 45.7 Å². The number of nitrogens with zero attached hydrogens (tertiary/aromatic N) is 5. The van der Waals surface area contributed by atoms with Crippen molar-refractivity contribution < 1.29 is 28.9 Å². The minimum atomic E-state index is -1.09. The maximum atomic E-state index is 12.0. The number of allylic oxidation sites excluding steroid dienone is 2. The molecule has 43 heavy (non-hydrogen) atoms. The van der Waals surface area contributed by atoms with Gasteiger partial charge in [0, 0.05) is 31.7 Å². The Hall–Kier alpha value is -5.26. The van der Waals surface area contributed by atoms with Gasteiger partial charge in [0.05, 0.1) is 43.5 Å². The number of fused-ring (bicyclic) bond motifs is 2. The van der Waals surface area contributed by atoms with Crippen molar-refractivity contribution in [1.82, 2.24) is 24.0 Å². The topological polar surface area (TPSA) is 199 Å². The number of carboxylic acids is 1. The second kappa shape index (κ2) is 12.7. The van der Waals surface area contributed by atoms with Crippen LogP contribution in [0.2, 0.25) is 0 Å². The smallest absolute Gasteiger partial charge is 0.335 e. The number of carboxylic acid groups (broad SMARTS) is 1. The second-order valence-electron chi connectivity index (χ2n) is 9.72. The van der Waals surface area contributed by atoms with Crippen LogP contribution in [0, 0.1) is 11.8 Å². The third kappa shape index (κ3) is 6.32. The van der Waals surface area contributed by atoms with E-state index < -0.39 is 11.9 Å². The number of amides is 1. The fourth-order valence-corrected chi connectivity index (χ4v) is 4.85. The van der Waals surface area contributed by atoms with E-state index in [9.17, 15) is 14.7 Å². The molecule has 1 amide bonds. The number of aromatic carboxylic acids is 1. The molecule has 1 aliphatic heterocycles. The third-order valence-corrected chi connectivity index (χ3v) is 7.00. The molecule has 7 N–H and O–H groups in total. The zero-order valence-electron chi connectivity index (χ0n) is 23.6. The number of rotatable bonds is 10. The molecule has 14 nitrogen and oxygen atoms in total. The quantitative estimate of drug-likeness (QED) is 0.154. The van der Waals surface area contributed by atoms with Crippen molar-refractivity contribution in [2.24, 2.45) is 5.73 Å². The minimum Gasteiger partial charge on any atom is -0.494 e. The van der Waals surface area contributed by atoms with Crippen molar-refractivity contribution >= 4 is 45.8 Å². The highest BCUT2D eigenvalue weighted by atomic mass is 16.5. The molecule has 0 unspecified atom stereocenters. The first-order chi connectivity index (χ1) is 20.8. The molecule has 224 valence electrons. The van der Waals surface area contributed by atoms with Crippen LogP contribution in [-0.4, -0.2) is 87.5 Å². The summed E-state index contributed by atoms with van der Waals surface area (Å²) >= 11 is 0. The summed E-state index contributed by atoms with van der Waals surface area (Å²) in [5.41, 5.74) is 20.3. The Morgan fingerprint density at radius 3 is 2.12 bits per heavy atom. The SMILES string of the molecule is COc1cc(C(=O)O)cc2nc(N)n(CC=CCn3c(N)nc4cc(C(N)=O)cc(OCC#CCN5CCOCC5)c43)c12. The summed E-state index contributed by atoms with van der Waals surface area (Å²) in [6, 6.07) is 6.01. The molecule has 0 spiro atoms. The molecule has 2 aromatic heterocycles. The normalized spacial score (nSPS) is 13.8. The lowest BCUT2D eigenvalue weighted by atomic mass is 10.1. The molecule has 3 heterocycles. The van der Waals surface area contributed by atoms with Gasteiger partial charge in [0.2, 0.25) is 17.8 Å². The molecule has 0 bridgehead atoms. The summed E-state index contributed by atoms with van der Waals surface area (Å²) in [7, 11) is 1.45. The fourth-order valence-electron chi connectivity index (χ4n) is 4.85. The van der Waals surface area contributed by atoms with Gasteiger partial charge in [-0.05, 0) is 24.3 Å². The van der Waals surface area contributed by atoms with E-state index >= 15 is 0 Å². The molecule has 14 heteroatoms. The molecule has 1 saturated heterocycles. The standard InChI is InChI=1S/C29H32N8O6/c1-41-22-17-19(27(39)40)15-21-24(22)36(28(31)34-21)7-2-3-8-37-25-20(33-29(37)32)14-18(26(30)38)16-23(25)43-11-5-4-6-35-9-12-42-13-10-35/h2-3,14-17H,6-13H2,1H3,(H2,30,38)(H2,31,34)(H2,32,33)(H,39,40). The van der Waals surface area contributed by atoms with Gasteiger partial charge in [-0.3, -0.25) is 9.69 Å². The predicted molar refractivity (Wildman–Crippen MR) is 160 cm³/mol. The number of nitrogen functional groups attached to an aromatic ring is 2. The van der Waals surface area contributed by atoms with Gasteiger partial charge in [-0.25, -0.2) is 14.8 Å². The monoisotopic (exact) mass is 588 g/mol. The Kier molecular flexibility index (Phi) is 8.65. The number of hydrogen-bond donors (Lipinski definition) is 4. The van der Waals surface area contributed by atoms with Crippen molar-refractivity contribution in [2.45, 2.75) is 13.1 Å². The van der Waals surface area contributed by atoms with Gasteiger partial charge in [-0.15, -0.1) is 0 Å². The molecule has 2 aromatic carbocycles. The zero-order chi connectivity index (χ0) is 30.5. The number of nitrogens with two attached hydrogens (primary N) is 3. The molecule has 0 aliphatic carbocycles. The number of benzene rings is 2. The molecule has 5 rings (SSSR count). The highest BCUT2D eigenvalue weighted by molar-refractivity contribution is 5.99. The third-order valence-electron chi connectivity index (χ3n) is 7.00. The van der Waals surface area contributed by atoms with Gasteiger partial charge in [0.25, 0.3) is 0 Å². The Morgan fingerprint density at radius 2 is 1.53 bits per heavy atom. The van der Waals surface area contributed by atoms with Gasteiger partial charge in [0.1, 0.15) is 29.1 Å². The Bertz CT molecular complexity index is 1770. The number of methoxy groups -OCH3 is 1. The first-order valence-electron chi connectivity index (χ1n) is 13.5. The van der Waals surface area contributed by atoms with E-state index in [2.05, 4.69) is 26.7 Å². The van der Waals surface area contributed by atoms with Crippen LogP contribution in [-0.2, 0) is 17.8 Å². The van der Waals surface area contributed by atoms with Gasteiger partial charge in [-0.2, -0.15) is 0 Å². The maximum absolute atomic E-state index is 12.0. The molecule has 0 radical (unpaired) electrons. The summed E-state index contributed by atoms with van der Waals surface area (Å²) in [5.74, 6) is 5.57. The van der Waals surface area contributed by atoms with Crippen LogP contribution in [0.25, 0.3) is 22.1 Å². The number of primary amides is 1. The van der Waals surface area contributed by atoms with E-state index in [0.29, 0.717) is 66.4 Å². The van der Waals surface area contributed by atoms with Crippen LogP contribution in [0.1, 0.15) is 20.7 Å². The van der Waals surface area contributed by atoms with Crippen molar-refractivity contribution in [1.29, 1.82) is 0 Å². The molecular formula is C29H32N8O6. The van der Waals surface area contributed by atoms with Crippen LogP contribution >= 0.6 is 0 Å². The summed E-state index contributed by atoms with van der Waals surface area (Å²) in [6.45, 7) is 4.44. The van der Waals surface area contributed by atoms with E-state index in [1.807, 2.05) is 12.2 Å². The van der Waals surface area contributed by atoms with Gasteiger partial charge >= 0.3 is 5.97 Å². The Morgan fingerprint density at radius 1 is 0.953 bits per heavy atom. The summed E-state index contributed by atoms with van der Waals surface area (Å²) < 4.78 is 20.2. The molecular weight excluding hydrogens is 556 g/mol. The van der Waals surface area contributed by atoms with Crippen LogP contribution in [0.3, 0.4) is 0 Å². The lowest BCUT2D eigenvalue weighted by Crippen LogP contribution is -2.36. The molecule has 1 fully saturated rings. The number of carbonyl (C=O) groups is 2. The lowest BCUT2D eigenvalue weighted by molar-refractivity contribution is 0.0443. The molecule has 1 aliphatic rings. The van der Waals surface area contributed by atoms with Gasteiger partial charge in [-0.1, -0.05) is 24.0 Å². The van der Waals surface area contributed by atoms with Crippen LogP contribution in [0.15, 0.2) is 36.4 Å². The molecule has 4 aromatic rings. The number of ether oxygens (including phenoxy) is 3. The number of hydrogen-bond acceptors (Lipinski definition) is 10. The Labute approximate surface area is 246 Å². The van der Waals surface area contributed by atoms with E-state index in [0.717, 1.165) is 13.1 Å². The molecule has 0 saturated carbocycles. The van der Waals surface area contributed by atoms with E-state index in [1.54, 1.807) is 21.3 Å². The van der Waals surface area contributed by atoms with Crippen molar-refractivity contribution in [3.8, 4) is 23.3 Å². The average Bonchev–Trinajstić information content (AvgIpc) is 3.49. The molecule has 0 atom stereocenters. The highest BCUT2D eigenvalue weighted by Gasteiger charge is 2.18. The lowest BCUT2D eigenvalue weighted by Gasteiger charge is -2.24. The van der Waals surface area contributed by atoms with Crippen molar-refractivity contribution in [2.75, 3.05) is 58.0 Å². The van der Waals surface area contributed by atoms with Crippen LogP contribution < -0.4 is 26.7 Å². The average molecular weight is 589 g/mol. The summed E-state index contributed by atoms with van der Waals surface area (Å²) in [4.78, 5) is 34.4.